The van der Waals surface area contributed by atoms with Crippen molar-refractivity contribution in [2.45, 2.75) is 18.2 Å². The topological polar surface area (TPSA) is 68.0 Å². The van der Waals surface area contributed by atoms with E-state index in [4.69, 9.17) is 39.2 Å². The minimum absolute atomic E-state index is 0.147. The molecule has 1 amide bonds. The molecular formula is C18H14Cl3N3O2S. The number of nitrogens with one attached hydrogen (secondary N) is 1. The van der Waals surface area contributed by atoms with Gasteiger partial charge < -0.3 is 9.73 Å². The van der Waals surface area contributed by atoms with E-state index in [9.17, 15) is 4.79 Å². The van der Waals surface area contributed by atoms with E-state index >= 15 is 0 Å². The zero-order chi connectivity index (χ0) is 19.4. The minimum atomic E-state index is -0.208. The van der Waals surface area contributed by atoms with Crippen molar-refractivity contribution in [3.05, 3.63) is 63.1 Å². The summed E-state index contributed by atoms with van der Waals surface area (Å²) in [6.45, 7) is 1.87. The second-order valence-electron chi connectivity index (χ2n) is 5.63. The Kier molecular flexibility index (Phi) is 6.65. The quantitative estimate of drug-likeness (QED) is 0.498. The largest absolute Gasteiger partial charge is 0.411 e. The van der Waals surface area contributed by atoms with Crippen LogP contribution >= 0.6 is 46.6 Å². The molecular weight excluding hydrogens is 429 g/mol. The maximum atomic E-state index is 12.2. The fourth-order valence-corrected chi connectivity index (χ4v) is 3.26. The Hall–Kier alpha value is -1.73. The summed E-state index contributed by atoms with van der Waals surface area (Å²) in [6.07, 6.45) is 0. The summed E-state index contributed by atoms with van der Waals surface area (Å²) in [5, 5.41) is 12.7. The summed E-state index contributed by atoms with van der Waals surface area (Å²) in [5.74, 6) is 0.358. The van der Waals surface area contributed by atoms with Gasteiger partial charge in [0.05, 0.1) is 21.8 Å². The zero-order valence-electron chi connectivity index (χ0n) is 14.1. The zero-order valence-corrected chi connectivity index (χ0v) is 17.2. The van der Waals surface area contributed by atoms with Gasteiger partial charge >= 0.3 is 0 Å². The minimum Gasteiger partial charge on any atom is -0.411 e. The molecule has 2 aromatic carbocycles. The summed E-state index contributed by atoms with van der Waals surface area (Å²) in [6, 6.07) is 12.1. The molecule has 0 bridgehead atoms. The van der Waals surface area contributed by atoms with E-state index in [0.717, 1.165) is 22.9 Å². The van der Waals surface area contributed by atoms with Crippen LogP contribution < -0.4 is 5.32 Å². The van der Waals surface area contributed by atoms with E-state index in [1.165, 1.54) is 0 Å². The molecule has 1 N–H and O–H groups in total. The summed E-state index contributed by atoms with van der Waals surface area (Å²) < 4.78 is 5.56. The number of nitrogens with zero attached hydrogens (tertiary/aromatic N) is 2. The Labute approximate surface area is 175 Å². The second-order valence-corrected chi connectivity index (χ2v) is 7.81. The predicted molar refractivity (Wildman–Crippen MR) is 108 cm³/mol. The van der Waals surface area contributed by atoms with Crippen LogP contribution in [0.4, 0.5) is 0 Å². The van der Waals surface area contributed by atoms with Crippen LogP contribution in [0, 0.1) is 0 Å². The standard InChI is InChI=1S/C18H14Cl3N3O2S/c1-10(12-4-7-14(20)15(21)8-12)22-16(25)9-27-18-24-23-17(26-18)11-2-5-13(19)6-3-11/h2-8,10H,9H2,1H3,(H,22,25). The number of amides is 1. The van der Waals surface area contributed by atoms with Gasteiger partial charge in [-0.15, -0.1) is 10.2 Å². The normalized spacial score (nSPS) is 12.0. The smallest absolute Gasteiger partial charge is 0.277 e. The summed E-state index contributed by atoms with van der Waals surface area (Å²) in [5.41, 5.74) is 1.63. The van der Waals surface area contributed by atoms with E-state index in [1.54, 1.807) is 36.4 Å². The number of halogens is 3. The fourth-order valence-electron chi connectivity index (χ4n) is 2.25. The van der Waals surface area contributed by atoms with Crippen LogP contribution in [0.5, 0.6) is 0 Å². The van der Waals surface area contributed by atoms with Gasteiger partial charge in [0.1, 0.15) is 0 Å². The number of rotatable bonds is 6. The Morgan fingerprint density at radius 1 is 1.11 bits per heavy atom. The number of hydrogen-bond acceptors (Lipinski definition) is 5. The van der Waals surface area contributed by atoms with Crippen molar-refractivity contribution < 1.29 is 9.21 Å². The number of carbonyl (C=O) groups excluding carboxylic acids is 1. The Morgan fingerprint density at radius 2 is 1.85 bits per heavy atom. The SMILES string of the molecule is CC(NC(=O)CSc1nnc(-c2ccc(Cl)cc2)o1)c1ccc(Cl)c(Cl)c1. The highest BCUT2D eigenvalue weighted by Gasteiger charge is 2.14. The van der Waals surface area contributed by atoms with Crippen molar-refractivity contribution in [2.75, 3.05) is 5.75 Å². The van der Waals surface area contributed by atoms with Gasteiger partial charge in [-0.05, 0) is 48.9 Å². The van der Waals surface area contributed by atoms with Crippen LogP contribution in [-0.4, -0.2) is 21.9 Å². The van der Waals surface area contributed by atoms with Crippen molar-refractivity contribution in [3.8, 4) is 11.5 Å². The molecule has 1 atom stereocenters. The first-order valence-corrected chi connectivity index (χ1v) is 10.0. The second kappa shape index (κ2) is 8.97. The van der Waals surface area contributed by atoms with Gasteiger partial charge in [0.25, 0.3) is 5.22 Å². The number of thioether (sulfide) groups is 1. The highest BCUT2D eigenvalue weighted by Crippen LogP contribution is 2.26. The Morgan fingerprint density at radius 3 is 2.56 bits per heavy atom. The van der Waals surface area contributed by atoms with Crippen LogP contribution in [0.15, 0.2) is 52.1 Å². The van der Waals surface area contributed by atoms with Gasteiger partial charge in [-0.1, -0.05) is 52.6 Å². The van der Waals surface area contributed by atoms with Crippen molar-refractivity contribution in [1.82, 2.24) is 15.5 Å². The molecule has 9 heteroatoms. The molecule has 3 aromatic rings. The molecule has 0 fully saturated rings. The summed E-state index contributed by atoms with van der Waals surface area (Å²) in [4.78, 5) is 12.2. The van der Waals surface area contributed by atoms with Gasteiger partial charge in [0, 0.05) is 10.6 Å². The first-order valence-electron chi connectivity index (χ1n) is 7.89. The lowest BCUT2D eigenvalue weighted by molar-refractivity contribution is -0.119. The van der Waals surface area contributed by atoms with Gasteiger partial charge in [-0.25, -0.2) is 0 Å². The van der Waals surface area contributed by atoms with Crippen LogP contribution in [0.3, 0.4) is 0 Å². The number of aromatic nitrogens is 2. The third kappa shape index (κ3) is 5.39. The Balaban J connectivity index is 1.54. The summed E-state index contributed by atoms with van der Waals surface area (Å²) >= 11 is 18.9. The van der Waals surface area contributed by atoms with Gasteiger partial charge in [0.2, 0.25) is 11.8 Å². The average molecular weight is 443 g/mol. The molecule has 3 rings (SSSR count). The number of benzene rings is 2. The molecule has 5 nitrogen and oxygen atoms in total. The lowest BCUT2D eigenvalue weighted by atomic mass is 10.1. The fraction of sp³-hybridized carbons (Fsp3) is 0.167. The lowest BCUT2D eigenvalue weighted by Crippen LogP contribution is -2.28. The van der Waals surface area contributed by atoms with Crippen LogP contribution in [0.2, 0.25) is 15.1 Å². The first-order chi connectivity index (χ1) is 12.9. The highest BCUT2D eigenvalue weighted by molar-refractivity contribution is 7.99. The highest BCUT2D eigenvalue weighted by atomic mass is 35.5. The van der Waals surface area contributed by atoms with Crippen LogP contribution in [0.1, 0.15) is 18.5 Å². The molecule has 140 valence electrons. The Bertz CT molecular complexity index is 947. The predicted octanol–water partition coefficient (Wildman–Crippen LogP) is 5.67. The molecule has 1 aromatic heterocycles. The molecule has 1 heterocycles. The van der Waals surface area contributed by atoms with E-state index < -0.39 is 0 Å². The molecule has 0 aliphatic carbocycles. The van der Waals surface area contributed by atoms with Crippen molar-refractivity contribution in [3.63, 3.8) is 0 Å². The van der Waals surface area contributed by atoms with Gasteiger partial charge in [-0.3, -0.25) is 4.79 Å². The molecule has 0 aliphatic heterocycles. The maximum absolute atomic E-state index is 12.2. The van der Waals surface area contributed by atoms with E-state index in [1.807, 2.05) is 13.0 Å². The number of hydrogen-bond donors (Lipinski definition) is 1. The summed E-state index contributed by atoms with van der Waals surface area (Å²) in [7, 11) is 0. The molecule has 0 spiro atoms. The van der Waals surface area contributed by atoms with E-state index in [2.05, 4.69) is 15.5 Å². The van der Waals surface area contributed by atoms with Gasteiger partial charge in [-0.2, -0.15) is 0 Å². The molecule has 27 heavy (non-hydrogen) atoms. The molecule has 0 saturated carbocycles. The first kappa shape index (κ1) is 20.0. The third-order valence-corrected chi connectivity index (χ3v) is 5.45. The third-order valence-electron chi connectivity index (χ3n) is 3.65. The molecule has 0 aliphatic rings. The lowest BCUT2D eigenvalue weighted by Gasteiger charge is -2.14. The number of carbonyl (C=O) groups is 1. The molecule has 0 radical (unpaired) electrons. The van der Waals surface area contributed by atoms with Crippen molar-refractivity contribution >= 4 is 52.5 Å². The van der Waals surface area contributed by atoms with Crippen LogP contribution in [0.25, 0.3) is 11.5 Å². The van der Waals surface area contributed by atoms with E-state index in [-0.39, 0.29) is 17.7 Å². The maximum Gasteiger partial charge on any atom is 0.277 e. The van der Waals surface area contributed by atoms with Crippen molar-refractivity contribution in [2.24, 2.45) is 0 Å². The monoisotopic (exact) mass is 441 g/mol. The molecule has 0 saturated heterocycles. The van der Waals surface area contributed by atoms with Crippen LogP contribution in [-0.2, 0) is 4.79 Å². The molecule has 1 unspecified atom stereocenters. The van der Waals surface area contributed by atoms with Crippen molar-refractivity contribution in [1.29, 1.82) is 0 Å². The van der Waals surface area contributed by atoms with E-state index in [0.29, 0.717) is 26.2 Å². The average Bonchev–Trinajstić information content (AvgIpc) is 3.12. The van der Waals surface area contributed by atoms with Gasteiger partial charge in [0.15, 0.2) is 0 Å².